The molecule has 28 heavy (non-hydrogen) atoms. The Morgan fingerprint density at radius 1 is 1.18 bits per heavy atom. The number of nitrogens with one attached hydrogen (secondary N) is 2. The molecule has 154 valence electrons. The molecule has 0 aliphatic heterocycles. The van der Waals surface area contributed by atoms with Crippen LogP contribution in [0.5, 0.6) is 5.75 Å². The van der Waals surface area contributed by atoms with Gasteiger partial charge >= 0.3 is 0 Å². The van der Waals surface area contributed by atoms with E-state index < -0.39 is 0 Å². The molecule has 0 atom stereocenters. The Balaban J connectivity index is 1.88. The molecule has 2 N–H and O–H groups in total. The molecular formula is C21H33N5O2. The van der Waals surface area contributed by atoms with Crippen LogP contribution in [0.1, 0.15) is 38.0 Å². The van der Waals surface area contributed by atoms with Crippen molar-refractivity contribution in [3.05, 3.63) is 47.7 Å². The normalized spacial score (nSPS) is 12.3. The molecule has 0 aliphatic carbocycles. The molecular weight excluding hydrogens is 354 g/mol. The lowest BCUT2D eigenvalue weighted by Crippen LogP contribution is -2.36. The standard InChI is InChI=1S/C21H33N5O2/c1-21(2,3)18-14-23-19(28-18)15-25-20(22-4)24-13-16-9-7-8-10-17(16)27-12-11-26(5)6/h7-10,14H,11-13,15H2,1-6H3,(H2,22,24,25). The first-order valence-electron chi connectivity index (χ1n) is 9.54. The third-order valence-electron chi connectivity index (χ3n) is 4.14. The van der Waals surface area contributed by atoms with Crippen LogP contribution in [0.15, 0.2) is 39.9 Å². The Morgan fingerprint density at radius 3 is 2.54 bits per heavy atom. The van der Waals surface area contributed by atoms with Gasteiger partial charge in [0.1, 0.15) is 18.1 Å². The highest BCUT2D eigenvalue weighted by atomic mass is 16.5. The summed E-state index contributed by atoms with van der Waals surface area (Å²) in [5.41, 5.74) is 1.02. The molecule has 0 saturated carbocycles. The number of likely N-dealkylation sites (N-methyl/N-ethyl adjacent to an activating group) is 1. The van der Waals surface area contributed by atoms with Gasteiger partial charge in [0.25, 0.3) is 0 Å². The van der Waals surface area contributed by atoms with Crippen LogP contribution in [0.2, 0.25) is 0 Å². The molecule has 0 fully saturated rings. The van der Waals surface area contributed by atoms with Crippen LogP contribution in [0, 0.1) is 0 Å². The van der Waals surface area contributed by atoms with Crippen molar-refractivity contribution in [2.75, 3.05) is 34.3 Å². The third-order valence-corrected chi connectivity index (χ3v) is 4.14. The monoisotopic (exact) mass is 387 g/mol. The van der Waals surface area contributed by atoms with Crippen molar-refractivity contribution in [2.24, 2.45) is 4.99 Å². The number of guanidine groups is 1. The van der Waals surface area contributed by atoms with Gasteiger partial charge in [0.05, 0.1) is 12.7 Å². The van der Waals surface area contributed by atoms with Crippen LogP contribution in [0.25, 0.3) is 0 Å². The summed E-state index contributed by atoms with van der Waals surface area (Å²) >= 11 is 0. The number of hydrogen-bond donors (Lipinski definition) is 2. The van der Waals surface area contributed by atoms with E-state index in [0.717, 1.165) is 23.6 Å². The molecule has 7 heteroatoms. The second-order valence-corrected chi connectivity index (χ2v) is 7.91. The zero-order valence-electron chi connectivity index (χ0n) is 17.9. The Morgan fingerprint density at radius 2 is 1.89 bits per heavy atom. The van der Waals surface area contributed by atoms with Crippen LogP contribution >= 0.6 is 0 Å². The van der Waals surface area contributed by atoms with Crippen molar-refractivity contribution in [3.63, 3.8) is 0 Å². The maximum Gasteiger partial charge on any atom is 0.213 e. The summed E-state index contributed by atoms with van der Waals surface area (Å²) in [6.07, 6.45) is 1.79. The van der Waals surface area contributed by atoms with E-state index in [1.165, 1.54) is 0 Å². The van der Waals surface area contributed by atoms with E-state index in [1.807, 2.05) is 32.3 Å². The van der Waals surface area contributed by atoms with Gasteiger partial charge in [0, 0.05) is 31.1 Å². The average Bonchev–Trinajstić information content (AvgIpc) is 3.12. The Bertz CT molecular complexity index is 762. The molecule has 1 heterocycles. The number of rotatable bonds is 8. The lowest BCUT2D eigenvalue weighted by atomic mass is 9.94. The second kappa shape index (κ2) is 10.1. The summed E-state index contributed by atoms with van der Waals surface area (Å²) in [4.78, 5) is 10.7. The second-order valence-electron chi connectivity index (χ2n) is 7.91. The van der Waals surface area contributed by atoms with Crippen LogP contribution < -0.4 is 15.4 Å². The van der Waals surface area contributed by atoms with Gasteiger partial charge in [-0.1, -0.05) is 39.0 Å². The maximum absolute atomic E-state index is 5.91. The van der Waals surface area contributed by atoms with Gasteiger partial charge in [-0.15, -0.1) is 0 Å². The Kier molecular flexibility index (Phi) is 7.87. The van der Waals surface area contributed by atoms with Crippen molar-refractivity contribution in [2.45, 2.75) is 39.3 Å². The fourth-order valence-corrected chi connectivity index (χ4v) is 2.43. The maximum atomic E-state index is 5.91. The lowest BCUT2D eigenvalue weighted by Gasteiger charge is -2.16. The first kappa shape index (κ1) is 21.8. The van der Waals surface area contributed by atoms with Gasteiger partial charge in [0.2, 0.25) is 5.89 Å². The van der Waals surface area contributed by atoms with E-state index in [4.69, 9.17) is 9.15 Å². The van der Waals surface area contributed by atoms with Crippen molar-refractivity contribution >= 4 is 5.96 Å². The van der Waals surface area contributed by atoms with Crippen LogP contribution in [0.3, 0.4) is 0 Å². The SMILES string of the molecule is CN=C(NCc1ncc(C(C)(C)C)o1)NCc1ccccc1OCCN(C)C. The van der Waals surface area contributed by atoms with Crippen molar-refractivity contribution in [1.82, 2.24) is 20.5 Å². The molecule has 7 nitrogen and oxygen atoms in total. The minimum atomic E-state index is -0.0541. The van der Waals surface area contributed by atoms with Crippen molar-refractivity contribution < 1.29 is 9.15 Å². The van der Waals surface area contributed by atoms with Crippen LogP contribution in [-0.4, -0.2) is 50.1 Å². The van der Waals surface area contributed by atoms with E-state index in [0.29, 0.717) is 31.5 Å². The fourth-order valence-electron chi connectivity index (χ4n) is 2.43. The number of benzene rings is 1. The Hall–Kier alpha value is -2.54. The smallest absolute Gasteiger partial charge is 0.213 e. The highest BCUT2D eigenvalue weighted by Gasteiger charge is 2.19. The number of para-hydroxylation sites is 1. The van der Waals surface area contributed by atoms with Crippen molar-refractivity contribution in [1.29, 1.82) is 0 Å². The van der Waals surface area contributed by atoms with Crippen molar-refractivity contribution in [3.8, 4) is 5.75 Å². The molecule has 0 unspecified atom stereocenters. The summed E-state index contributed by atoms with van der Waals surface area (Å²) < 4.78 is 11.7. The summed E-state index contributed by atoms with van der Waals surface area (Å²) in [5.74, 6) is 3.07. The van der Waals surface area contributed by atoms with Crippen LogP contribution in [-0.2, 0) is 18.5 Å². The summed E-state index contributed by atoms with van der Waals surface area (Å²) in [7, 11) is 5.81. The number of aliphatic imine (C=N–C) groups is 1. The van der Waals surface area contributed by atoms with E-state index in [2.05, 4.69) is 52.3 Å². The molecule has 2 rings (SSSR count). The zero-order chi connectivity index (χ0) is 20.6. The fraction of sp³-hybridized carbons (Fsp3) is 0.524. The minimum Gasteiger partial charge on any atom is -0.492 e. The molecule has 1 aromatic carbocycles. The molecule has 0 saturated heterocycles. The summed E-state index contributed by atoms with van der Waals surface area (Å²) in [5, 5.41) is 6.55. The first-order chi connectivity index (χ1) is 13.3. The van der Waals surface area contributed by atoms with E-state index in [9.17, 15) is 0 Å². The summed E-state index contributed by atoms with van der Waals surface area (Å²) in [6.45, 7) is 8.90. The molecule has 0 aliphatic rings. The third kappa shape index (κ3) is 6.88. The molecule has 0 bridgehead atoms. The largest absolute Gasteiger partial charge is 0.492 e. The van der Waals surface area contributed by atoms with Gasteiger partial charge in [-0.3, -0.25) is 4.99 Å². The highest BCUT2D eigenvalue weighted by molar-refractivity contribution is 5.79. The van der Waals surface area contributed by atoms with Gasteiger partial charge in [-0.05, 0) is 20.2 Å². The summed E-state index contributed by atoms with van der Waals surface area (Å²) in [6, 6.07) is 8.03. The molecule has 0 radical (unpaired) electrons. The Labute approximate surface area is 168 Å². The highest BCUT2D eigenvalue weighted by Crippen LogP contribution is 2.22. The predicted molar refractivity (Wildman–Crippen MR) is 113 cm³/mol. The van der Waals surface area contributed by atoms with E-state index in [-0.39, 0.29) is 5.41 Å². The molecule has 2 aromatic rings. The number of ether oxygens (including phenoxy) is 1. The lowest BCUT2D eigenvalue weighted by molar-refractivity contribution is 0.259. The molecule has 1 aromatic heterocycles. The number of nitrogens with zero attached hydrogens (tertiary/aromatic N) is 3. The number of aromatic nitrogens is 1. The van der Waals surface area contributed by atoms with E-state index in [1.54, 1.807) is 13.2 Å². The van der Waals surface area contributed by atoms with Crippen LogP contribution in [0.4, 0.5) is 0 Å². The van der Waals surface area contributed by atoms with Gasteiger partial charge in [-0.2, -0.15) is 0 Å². The van der Waals surface area contributed by atoms with E-state index >= 15 is 0 Å². The average molecular weight is 388 g/mol. The number of oxazole rings is 1. The molecule has 0 spiro atoms. The zero-order valence-corrected chi connectivity index (χ0v) is 17.9. The quantitative estimate of drug-likeness (QED) is 0.536. The van der Waals surface area contributed by atoms with Gasteiger partial charge in [0.15, 0.2) is 5.96 Å². The van der Waals surface area contributed by atoms with Gasteiger partial charge < -0.3 is 24.7 Å². The topological polar surface area (TPSA) is 74.9 Å². The predicted octanol–water partition coefficient (Wildman–Crippen LogP) is 2.78. The van der Waals surface area contributed by atoms with Gasteiger partial charge in [-0.25, -0.2) is 4.98 Å². The first-order valence-corrected chi connectivity index (χ1v) is 9.54. The number of hydrogen-bond acceptors (Lipinski definition) is 5. The minimum absolute atomic E-state index is 0.0541. The molecule has 0 amide bonds.